The van der Waals surface area contributed by atoms with Crippen molar-refractivity contribution in [2.75, 3.05) is 12.8 Å². The molecule has 0 saturated carbocycles. The molecular weight excluding hydrogens is 170 g/mol. The fraction of sp³-hybridized carbons (Fsp3) is 1.00. The molecule has 74 valence electrons. The summed E-state index contributed by atoms with van der Waals surface area (Å²) in [6.45, 7) is 9.39. The van der Waals surface area contributed by atoms with Crippen molar-refractivity contribution in [3.8, 4) is 0 Å². The Labute approximate surface area is 78.6 Å². The third kappa shape index (κ3) is 4.88. The lowest BCUT2D eigenvalue weighted by Crippen LogP contribution is -2.37. The van der Waals surface area contributed by atoms with Crippen LogP contribution in [0.5, 0.6) is 0 Å². The van der Waals surface area contributed by atoms with E-state index < -0.39 is 10.8 Å². The van der Waals surface area contributed by atoms with E-state index in [0.717, 1.165) is 6.54 Å². The van der Waals surface area contributed by atoms with E-state index in [2.05, 4.69) is 26.1 Å². The van der Waals surface area contributed by atoms with Gasteiger partial charge in [-0.25, -0.2) is 0 Å². The van der Waals surface area contributed by atoms with Gasteiger partial charge in [0.2, 0.25) is 0 Å². The third-order valence-corrected chi connectivity index (χ3v) is 3.59. The van der Waals surface area contributed by atoms with Crippen LogP contribution in [0.15, 0.2) is 0 Å². The molecule has 12 heavy (non-hydrogen) atoms. The standard InChI is InChI=1S/C9H21NOS/c1-7(2)9(4)10-6-8(3)12(5)11/h7-10H,6H2,1-5H3. The Balaban J connectivity index is 3.61. The predicted octanol–water partition coefficient (Wildman–Crippen LogP) is 1.39. The van der Waals surface area contributed by atoms with E-state index in [1.807, 2.05) is 6.92 Å². The fourth-order valence-corrected chi connectivity index (χ4v) is 1.04. The SMILES string of the molecule is CC(C)C(C)NCC(C)S(C)=O. The maximum absolute atomic E-state index is 11.0. The van der Waals surface area contributed by atoms with Gasteiger partial charge < -0.3 is 5.32 Å². The monoisotopic (exact) mass is 191 g/mol. The Morgan fingerprint density at radius 3 is 2.08 bits per heavy atom. The molecule has 0 aliphatic heterocycles. The highest BCUT2D eigenvalue weighted by atomic mass is 32.2. The van der Waals surface area contributed by atoms with Crippen LogP contribution in [0, 0.1) is 5.92 Å². The Kier molecular flexibility index (Phi) is 5.76. The normalized spacial score (nSPS) is 19.2. The molecule has 1 N–H and O–H groups in total. The molecule has 3 atom stereocenters. The first-order valence-electron chi connectivity index (χ1n) is 4.50. The second-order valence-corrected chi connectivity index (χ2v) is 5.55. The van der Waals surface area contributed by atoms with Crippen molar-refractivity contribution >= 4 is 10.8 Å². The minimum Gasteiger partial charge on any atom is -0.313 e. The lowest BCUT2D eigenvalue weighted by atomic mass is 10.1. The number of rotatable bonds is 5. The molecule has 0 fully saturated rings. The first kappa shape index (κ1) is 12.1. The summed E-state index contributed by atoms with van der Waals surface area (Å²) in [6.07, 6.45) is 1.76. The van der Waals surface area contributed by atoms with Crippen molar-refractivity contribution in [3.63, 3.8) is 0 Å². The number of hydrogen-bond acceptors (Lipinski definition) is 2. The molecule has 0 saturated heterocycles. The van der Waals surface area contributed by atoms with Gasteiger partial charge in [-0.2, -0.15) is 0 Å². The Morgan fingerprint density at radius 2 is 1.75 bits per heavy atom. The molecule has 0 aromatic heterocycles. The van der Waals surface area contributed by atoms with Gasteiger partial charge in [0.1, 0.15) is 0 Å². The molecule has 0 radical (unpaired) electrons. The lowest BCUT2D eigenvalue weighted by molar-refractivity contribution is 0.429. The molecule has 0 aliphatic rings. The Hall–Kier alpha value is 0.110. The largest absolute Gasteiger partial charge is 0.313 e. The summed E-state index contributed by atoms with van der Waals surface area (Å²) < 4.78 is 11.0. The van der Waals surface area contributed by atoms with Crippen molar-refractivity contribution in [1.29, 1.82) is 0 Å². The van der Waals surface area contributed by atoms with Gasteiger partial charge in [0.15, 0.2) is 0 Å². The number of nitrogens with one attached hydrogen (secondary N) is 1. The Morgan fingerprint density at radius 1 is 1.25 bits per heavy atom. The molecule has 0 aliphatic carbocycles. The van der Waals surface area contributed by atoms with Crippen LogP contribution in [0.25, 0.3) is 0 Å². The molecular formula is C9H21NOS. The highest BCUT2D eigenvalue weighted by Crippen LogP contribution is 2.00. The molecule has 0 rings (SSSR count). The second kappa shape index (κ2) is 5.70. The third-order valence-electron chi connectivity index (χ3n) is 2.29. The van der Waals surface area contributed by atoms with Crippen molar-refractivity contribution in [1.82, 2.24) is 5.32 Å². The van der Waals surface area contributed by atoms with Crippen LogP contribution in [0.4, 0.5) is 0 Å². The zero-order chi connectivity index (χ0) is 9.72. The molecule has 0 amide bonds. The summed E-state index contributed by atoms with van der Waals surface area (Å²) in [6, 6.07) is 0.510. The van der Waals surface area contributed by atoms with E-state index >= 15 is 0 Å². The van der Waals surface area contributed by atoms with E-state index in [-0.39, 0.29) is 5.25 Å². The summed E-state index contributed by atoms with van der Waals surface area (Å²) >= 11 is 0. The van der Waals surface area contributed by atoms with Crippen LogP contribution in [-0.2, 0) is 10.8 Å². The van der Waals surface area contributed by atoms with Gasteiger partial charge in [0, 0.05) is 34.9 Å². The van der Waals surface area contributed by atoms with Crippen LogP contribution >= 0.6 is 0 Å². The first-order chi connectivity index (χ1) is 5.45. The molecule has 0 aromatic rings. The van der Waals surface area contributed by atoms with Gasteiger partial charge in [-0.15, -0.1) is 0 Å². The first-order valence-corrected chi connectivity index (χ1v) is 6.13. The van der Waals surface area contributed by atoms with Gasteiger partial charge >= 0.3 is 0 Å². The minimum atomic E-state index is -0.702. The van der Waals surface area contributed by atoms with Crippen molar-refractivity contribution in [2.24, 2.45) is 5.92 Å². The van der Waals surface area contributed by atoms with E-state index in [1.54, 1.807) is 6.26 Å². The minimum absolute atomic E-state index is 0.256. The van der Waals surface area contributed by atoms with Crippen LogP contribution < -0.4 is 5.32 Å². The summed E-state index contributed by atoms with van der Waals surface area (Å²) in [5.74, 6) is 0.641. The van der Waals surface area contributed by atoms with E-state index in [9.17, 15) is 4.21 Å². The van der Waals surface area contributed by atoms with Gasteiger partial charge in [-0.05, 0) is 19.8 Å². The molecule has 0 heterocycles. The predicted molar refractivity (Wildman–Crippen MR) is 55.8 cm³/mol. The van der Waals surface area contributed by atoms with Crippen LogP contribution in [0.2, 0.25) is 0 Å². The van der Waals surface area contributed by atoms with Crippen LogP contribution in [0.1, 0.15) is 27.7 Å². The van der Waals surface area contributed by atoms with Gasteiger partial charge in [-0.1, -0.05) is 13.8 Å². The molecule has 0 aromatic carbocycles. The highest BCUT2D eigenvalue weighted by Gasteiger charge is 2.10. The van der Waals surface area contributed by atoms with Crippen LogP contribution in [-0.4, -0.2) is 28.3 Å². The molecule has 2 nitrogen and oxygen atoms in total. The molecule has 0 spiro atoms. The molecule has 3 heteroatoms. The average molecular weight is 191 g/mol. The highest BCUT2D eigenvalue weighted by molar-refractivity contribution is 7.84. The van der Waals surface area contributed by atoms with Gasteiger partial charge in [-0.3, -0.25) is 4.21 Å². The zero-order valence-corrected chi connectivity index (χ0v) is 9.57. The summed E-state index contributed by atoms with van der Waals surface area (Å²) in [4.78, 5) is 0. The van der Waals surface area contributed by atoms with Gasteiger partial charge in [0.05, 0.1) is 0 Å². The van der Waals surface area contributed by atoms with E-state index in [4.69, 9.17) is 0 Å². The lowest BCUT2D eigenvalue weighted by Gasteiger charge is -2.19. The summed E-state index contributed by atoms with van der Waals surface area (Å²) in [7, 11) is -0.702. The second-order valence-electron chi connectivity index (χ2n) is 3.75. The smallest absolute Gasteiger partial charge is 0.0441 e. The zero-order valence-electron chi connectivity index (χ0n) is 8.76. The summed E-state index contributed by atoms with van der Waals surface area (Å²) in [5.41, 5.74) is 0. The number of hydrogen-bond donors (Lipinski definition) is 1. The molecule has 0 bridgehead atoms. The van der Waals surface area contributed by atoms with Gasteiger partial charge in [0.25, 0.3) is 0 Å². The van der Waals surface area contributed by atoms with Crippen molar-refractivity contribution in [3.05, 3.63) is 0 Å². The fourth-order valence-electron chi connectivity index (χ4n) is 0.705. The Bertz CT molecular complexity index is 147. The summed E-state index contributed by atoms with van der Waals surface area (Å²) in [5, 5.41) is 3.63. The van der Waals surface area contributed by atoms with Crippen LogP contribution in [0.3, 0.4) is 0 Å². The molecule has 3 unspecified atom stereocenters. The quantitative estimate of drug-likeness (QED) is 0.711. The van der Waals surface area contributed by atoms with Crippen molar-refractivity contribution in [2.45, 2.75) is 39.0 Å². The maximum atomic E-state index is 11.0. The topological polar surface area (TPSA) is 29.1 Å². The van der Waals surface area contributed by atoms with E-state index in [0.29, 0.717) is 12.0 Å². The van der Waals surface area contributed by atoms with Crippen molar-refractivity contribution < 1.29 is 4.21 Å². The average Bonchev–Trinajstić information content (AvgIpc) is 1.98. The van der Waals surface area contributed by atoms with E-state index in [1.165, 1.54) is 0 Å². The maximum Gasteiger partial charge on any atom is 0.0441 e.